The van der Waals surface area contributed by atoms with Crippen LogP contribution in [0.5, 0.6) is 0 Å². The van der Waals surface area contributed by atoms with Gasteiger partial charge in [-0.15, -0.1) is 0 Å². The highest BCUT2D eigenvalue weighted by Crippen LogP contribution is 2.64. The van der Waals surface area contributed by atoms with E-state index in [1.54, 1.807) is 13.8 Å². The second-order valence-corrected chi connectivity index (χ2v) is 8.56. The molecule has 1 heterocycles. The highest BCUT2D eigenvalue weighted by atomic mass is 79.9. The number of halogens is 1. The van der Waals surface area contributed by atoms with Gasteiger partial charge in [-0.25, -0.2) is 0 Å². The van der Waals surface area contributed by atoms with Gasteiger partial charge in [0.05, 0.1) is 5.60 Å². The molecule has 0 amide bonds. The molecule has 4 heteroatoms. The summed E-state index contributed by atoms with van der Waals surface area (Å²) in [4.78, 5) is 12.4. The van der Waals surface area contributed by atoms with Crippen LogP contribution in [0.2, 0.25) is 0 Å². The van der Waals surface area contributed by atoms with E-state index in [1.165, 1.54) is 5.56 Å². The maximum Gasteiger partial charge on any atom is 0.314 e. The number of ether oxygens (including phenoxy) is 1. The molecule has 130 valence electrons. The van der Waals surface area contributed by atoms with E-state index < -0.39 is 11.2 Å². The Morgan fingerprint density at radius 2 is 1.72 bits per heavy atom. The van der Waals surface area contributed by atoms with E-state index in [1.807, 2.05) is 30.3 Å². The molecule has 1 aliphatic carbocycles. The Hall–Kier alpha value is -1.65. The van der Waals surface area contributed by atoms with Crippen LogP contribution in [0.3, 0.4) is 0 Å². The second kappa shape index (κ2) is 5.68. The van der Waals surface area contributed by atoms with Crippen molar-refractivity contribution in [2.75, 3.05) is 0 Å². The SMILES string of the molecule is CC(C)(O)[C@@]12C[C@@H](c3ccc(Br)cc3)[C@@H](c3ccccc3)[C@@H]1C(=O)O2. The van der Waals surface area contributed by atoms with Gasteiger partial charge in [-0.1, -0.05) is 58.4 Å². The number of hydrogen-bond acceptors (Lipinski definition) is 3. The van der Waals surface area contributed by atoms with Crippen LogP contribution in [0, 0.1) is 5.92 Å². The fourth-order valence-electron chi connectivity index (χ4n) is 4.62. The van der Waals surface area contributed by atoms with Gasteiger partial charge in [-0.05, 0) is 49.4 Å². The van der Waals surface area contributed by atoms with Crippen LogP contribution in [-0.4, -0.2) is 22.3 Å². The Balaban J connectivity index is 1.84. The number of benzene rings is 2. The summed E-state index contributed by atoms with van der Waals surface area (Å²) < 4.78 is 6.67. The van der Waals surface area contributed by atoms with Crippen molar-refractivity contribution in [3.63, 3.8) is 0 Å². The molecule has 2 fully saturated rings. The molecule has 2 aromatic carbocycles. The molecular weight excluding hydrogens is 380 g/mol. The van der Waals surface area contributed by atoms with Crippen molar-refractivity contribution in [3.05, 3.63) is 70.2 Å². The quantitative estimate of drug-likeness (QED) is 0.776. The van der Waals surface area contributed by atoms with Crippen molar-refractivity contribution in [2.24, 2.45) is 5.92 Å². The van der Waals surface area contributed by atoms with Gasteiger partial charge in [0.25, 0.3) is 0 Å². The van der Waals surface area contributed by atoms with Gasteiger partial charge < -0.3 is 9.84 Å². The number of carbonyl (C=O) groups excluding carboxylic acids is 1. The van der Waals surface area contributed by atoms with Gasteiger partial charge in [0.15, 0.2) is 5.60 Å². The molecule has 0 spiro atoms. The normalized spacial score (nSPS) is 31.2. The van der Waals surface area contributed by atoms with Crippen molar-refractivity contribution in [1.82, 2.24) is 0 Å². The molecule has 0 aromatic heterocycles. The van der Waals surface area contributed by atoms with Crippen molar-refractivity contribution >= 4 is 21.9 Å². The third-order valence-corrected chi connectivity index (χ3v) is 6.40. The van der Waals surface area contributed by atoms with E-state index in [9.17, 15) is 9.90 Å². The summed E-state index contributed by atoms with van der Waals surface area (Å²) in [6.45, 7) is 3.50. The van der Waals surface area contributed by atoms with Gasteiger partial charge in [0.1, 0.15) is 5.92 Å². The summed E-state index contributed by atoms with van der Waals surface area (Å²) in [7, 11) is 0. The average molecular weight is 401 g/mol. The van der Waals surface area contributed by atoms with Crippen molar-refractivity contribution in [3.8, 4) is 0 Å². The fourth-order valence-corrected chi connectivity index (χ4v) is 4.88. The highest BCUT2D eigenvalue weighted by molar-refractivity contribution is 9.10. The molecule has 4 rings (SSSR count). The number of fused-ring (bicyclic) bond motifs is 1. The maximum atomic E-state index is 12.4. The van der Waals surface area contributed by atoms with E-state index >= 15 is 0 Å². The zero-order valence-corrected chi connectivity index (χ0v) is 15.9. The van der Waals surface area contributed by atoms with Crippen LogP contribution in [0.1, 0.15) is 43.2 Å². The van der Waals surface area contributed by atoms with Crippen molar-refractivity contribution in [2.45, 2.75) is 43.3 Å². The molecule has 1 aliphatic heterocycles. The largest absolute Gasteiger partial charge is 0.455 e. The molecule has 2 aromatic rings. The van der Waals surface area contributed by atoms with Crippen LogP contribution >= 0.6 is 15.9 Å². The predicted molar refractivity (Wildman–Crippen MR) is 99.3 cm³/mol. The zero-order chi connectivity index (χ0) is 17.8. The standard InChI is InChI=1S/C21H21BrO3/c1-20(2,24)21-12-16(13-8-10-15(22)11-9-13)17(18(21)19(23)25-21)14-6-4-3-5-7-14/h3-11,16-18,24H,12H2,1-2H3/t16-,17+,18+,21+/m0/s1. The van der Waals surface area contributed by atoms with Crippen LogP contribution in [0.4, 0.5) is 0 Å². The highest BCUT2D eigenvalue weighted by Gasteiger charge is 2.72. The van der Waals surface area contributed by atoms with Gasteiger partial charge in [0, 0.05) is 10.4 Å². The zero-order valence-electron chi connectivity index (χ0n) is 14.3. The minimum absolute atomic E-state index is 0.00931. The lowest BCUT2D eigenvalue weighted by Gasteiger charge is -2.51. The average Bonchev–Trinajstić information content (AvgIpc) is 2.86. The lowest BCUT2D eigenvalue weighted by atomic mass is 9.70. The van der Waals surface area contributed by atoms with Gasteiger partial charge in [0.2, 0.25) is 0 Å². The summed E-state index contributed by atoms with van der Waals surface area (Å²) in [6, 6.07) is 18.4. The van der Waals surface area contributed by atoms with Crippen molar-refractivity contribution in [1.29, 1.82) is 0 Å². The van der Waals surface area contributed by atoms with E-state index in [2.05, 4.69) is 40.2 Å². The molecule has 25 heavy (non-hydrogen) atoms. The summed E-state index contributed by atoms with van der Waals surface area (Å²) in [5.41, 5.74) is 0.403. The number of rotatable bonds is 3. The molecule has 3 nitrogen and oxygen atoms in total. The molecule has 4 atom stereocenters. The Morgan fingerprint density at radius 3 is 2.28 bits per heavy atom. The molecule has 2 aliphatic rings. The van der Waals surface area contributed by atoms with Gasteiger partial charge >= 0.3 is 5.97 Å². The lowest BCUT2D eigenvalue weighted by molar-refractivity contribution is -0.250. The minimum Gasteiger partial charge on any atom is -0.455 e. The predicted octanol–water partition coefficient (Wildman–Crippen LogP) is 4.40. The van der Waals surface area contributed by atoms with Gasteiger partial charge in [-0.3, -0.25) is 4.79 Å². The van der Waals surface area contributed by atoms with Crippen LogP contribution in [0.25, 0.3) is 0 Å². The van der Waals surface area contributed by atoms with Crippen molar-refractivity contribution < 1.29 is 14.6 Å². The maximum absolute atomic E-state index is 12.4. The number of hydrogen-bond donors (Lipinski definition) is 1. The minimum atomic E-state index is -1.08. The Morgan fingerprint density at radius 1 is 1.08 bits per heavy atom. The van der Waals surface area contributed by atoms with Crippen LogP contribution < -0.4 is 0 Å². The first-order valence-corrected chi connectivity index (χ1v) is 9.38. The summed E-state index contributed by atoms with van der Waals surface area (Å²) in [6.07, 6.45) is 0.633. The molecule has 0 radical (unpaired) electrons. The van der Waals surface area contributed by atoms with E-state index in [-0.39, 0.29) is 23.7 Å². The van der Waals surface area contributed by atoms with Gasteiger partial charge in [-0.2, -0.15) is 0 Å². The Bertz CT molecular complexity index is 794. The Kier molecular flexibility index (Phi) is 3.82. The first-order chi connectivity index (χ1) is 11.8. The molecule has 0 bridgehead atoms. The number of esters is 1. The third-order valence-electron chi connectivity index (χ3n) is 5.87. The molecular formula is C21H21BrO3. The van der Waals surface area contributed by atoms with E-state index in [0.717, 1.165) is 10.0 Å². The number of carbonyl (C=O) groups is 1. The molecule has 1 saturated heterocycles. The third kappa shape index (κ3) is 2.46. The molecule has 1 saturated carbocycles. The Labute approximate surface area is 156 Å². The van der Waals surface area contributed by atoms with Crippen LogP contribution in [-0.2, 0) is 9.53 Å². The molecule has 0 unspecified atom stereocenters. The van der Waals surface area contributed by atoms with E-state index in [0.29, 0.717) is 6.42 Å². The first-order valence-electron chi connectivity index (χ1n) is 8.59. The van der Waals surface area contributed by atoms with Crippen LogP contribution in [0.15, 0.2) is 59.1 Å². The monoisotopic (exact) mass is 400 g/mol. The van der Waals surface area contributed by atoms with E-state index in [4.69, 9.17) is 4.74 Å². The summed E-state index contributed by atoms with van der Waals surface area (Å²) in [5.74, 6) is -0.382. The summed E-state index contributed by atoms with van der Waals surface area (Å²) >= 11 is 3.48. The topological polar surface area (TPSA) is 46.5 Å². The first kappa shape index (κ1) is 16.8. The number of aliphatic hydroxyl groups is 1. The second-order valence-electron chi connectivity index (χ2n) is 7.65. The summed E-state index contributed by atoms with van der Waals surface area (Å²) in [5, 5.41) is 10.8. The lowest BCUT2D eigenvalue weighted by Crippen LogP contribution is -2.66. The fraction of sp³-hybridized carbons (Fsp3) is 0.381. The smallest absolute Gasteiger partial charge is 0.314 e. The molecule has 1 N–H and O–H groups in total.